The predicted molar refractivity (Wildman–Crippen MR) is 90.6 cm³/mol. The standard InChI is InChI=1S/C18H18N4O3/c1-11-19-17(25-21-11)13-7-8-22(10-13)18(23)16-5-3-12-9-14(24-2)4-6-15(12)20-16/h3-6,9,13H,7-8,10H2,1-2H3. The highest BCUT2D eigenvalue weighted by Crippen LogP contribution is 2.27. The van der Waals surface area contributed by atoms with Gasteiger partial charge in [-0.25, -0.2) is 4.98 Å². The van der Waals surface area contributed by atoms with Gasteiger partial charge in [-0.05, 0) is 37.6 Å². The minimum atomic E-state index is -0.0727. The van der Waals surface area contributed by atoms with Gasteiger partial charge in [0.05, 0.1) is 18.5 Å². The second-order valence-corrected chi connectivity index (χ2v) is 6.17. The third-order valence-electron chi connectivity index (χ3n) is 4.48. The van der Waals surface area contributed by atoms with Crippen molar-refractivity contribution in [1.82, 2.24) is 20.0 Å². The van der Waals surface area contributed by atoms with Crippen LogP contribution in [0, 0.1) is 6.92 Å². The molecule has 1 fully saturated rings. The molecule has 0 saturated carbocycles. The van der Waals surface area contributed by atoms with Gasteiger partial charge < -0.3 is 14.2 Å². The Morgan fingerprint density at radius 1 is 1.28 bits per heavy atom. The zero-order valence-corrected chi connectivity index (χ0v) is 14.1. The van der Waals surface area contributed by atoms with E-state index in [0.717, 1.165) is 23.1 Å². The highest BCUT2D eigenvalue weighted by atomic mass is 16.5. The number of rotatable bonds is 3. The lowest BCUT2D eigenvalue weighted by Gasteiger charge is -2.15. The van der Waals surface area contributed by atoms with E-state index in [1.54, 1.807) is 25.0 Å². The van der Waals surface area contributed by atoms with Crippen molar-refractivity contribution < 1.29 is 14.1 Å². The average molecular weight is 338 g/mol. The van der Waals surface area contributed by atoms with Crippen LogP contribution in [0.5, 0.6) is 5.75 Å². The molecule has 1 atom stereocenters. The van der Waals surface area contributed by atoms with Gasteiger partial charge in [0.25, 0.3) is 5.91 Å². The van der Waals surface area contributed by atoms with Crippen molar-refractivity contribution in [2.45, 2.75) is 19.3 Å². The lowest BCUT2D eigenvalue weighted by molar-refractivity contribution is 0.0784. The Balaban J connectivity index is 1.53. The number of nitrogens with zero attached hydrogens (tertiary/aromatic N) is 4. The van der Waals surface area contributed by atoms with Gasteiger partial charge in [-0.2, -0.15) is 4.98 Å². The summed E-state index contributed by atoms with van der Waals surface area (Å²) in [5, 5.41) is 4.77. The quantitative estimate of drug-likeness (QED) is 0.730. The Morgan fingerprint density at radius 2 is 2.16 bits per heavy atom. The van der Waals surface area contributed by atoms with Crippen LogP contribution in [0.25, 0.3) is 10.9 Å². The first kappa shape index (κ1) is 15.6. The van der Waals surface area contributed by atoms with Crippen molar-refractivity contribution in [2.24, 2.45) is 0 Å². The molecule has 1 aliphatic heterocycles. The Morgan fingerprint density at radius 3 is 2.92 bits per heavy atom. The van der Waals surface area contributed by atoms with E-state index in [2.05, 4.69) is 15.1 Å². The number of aryl methyl sites for hydroxylation is 1. The summed E-state index contributed by atoms with van der Waals surface area (Å²) < 4.78 is 10.4. The van der Waals surface area contributed by atoms with Gasteiger partial charge in [-0.1, -0.05) is 11.2 Å². The van der Waals surface area contributed by atoms with Gasteiger partial charge in [-0.15, -0.1) is 0 Å². The van der Waals surface area contributed by atoms with Crippen LogP contribution < -0.4 is 4.74 Å². The van der Waals surface area contributed by atoms with E-state index in [0.29, 0.717) is 30.5 Å². The lowest BCUT2D eigenvalue weighted by Crippen LogP contribution is -2.29. The second kappa shape index (κ2) is 6.16. The number of carbonyl (C=O) groups excluding carboxylic acids is 1. The maximum atomic E-state index is 12.8. The van der Waals surface area contributed by atoms with Gasteiger partial charge in [-0.3, -0.25) is 4.79 Å². The minimum absolute atomic E-state index is 0.0727. The van der Waals surface area contributed by atoms with Gasteiger partial charge in [0.15, 0.2) is 5.82 Å². The van der Waals surface area contributed by atoms with E-state index in [1.807, 2.05) is 24.3 Å². The molecular weight excluding hydrogens is 320 g/mol. The van der Waals surface area contributed by atoms with Gasteiger partial charge in [0, 0.05) is 18.5 Å². The smallest absolute Gasteiger partial charge is 0.272 e. The third-order valence-corrected chi connectivity index (χ3v) is 4.48. The van der Waals surface area contributed by atoms with Crippen molar-refractivity contribution >= 4 is 16.8 Å². The Hall–Kier alpha value is -2.96. The largest absolute Gasteiger partial charge is 0.497 e. The Labute approximate surface area is 144 Å². The summed E-state index contributed by atoms with van der Waals surface area (Å²) in [5.74, 6) is 2.01. The lowest BCUT2D eigenvalue weighted by atomic mass is 10.1. The van der Waals surface area contributed by atoms with Crippen LogP contribution in [-0.4, -0.2) is 46.1 Å². The molecule has 1 amide bonds. The zero-order chi connectivity index (χ0) is 17.4. The van der Waals surface area contributed by atoms with Gasteiger partial charge >= 0.3 is 0 Å². The molecule has 2 aromatic heterocycles. The minimum Gasteiger partial charge on any atom is -0.497 e. The number of ether oxygens (including phenoxy) is 1. The van der Waals surface area contributed by atoms with Crippen LogP contribution in [0.15, 0.2) is 34.9 Å². The maximum absolute atomic E-state index is 12.8. The first-order valence-corrected chi connectivity index (χ1v) is 8.18. The predicted octanol–water partition coefficient (Wildman–Crippen LogP) is 2.56. The molecule has 1 unspecified atom stereocenters. The summed E-state index contributed by atoms with van der Waals surface area (Å²) in [5.41, 5.74) is 1.22. The number of pyridine rings is 1. The number of carbonyl (C=O) groups is 1. The molecule has 1 aliphatic rings. The summed E-state index contributed by atoms with van der Waals surface area (Å²) in [6.07, 6.45) is 0.818. The summed E-state index contributed by atoms with van der Waals surface area (Å²) in [6, 6.07) is 9.26. The van der Waals surface area contributed by atoms with Crippen LogP contribution in [0.1, 0.15) is 34.5 Å². The summed E-state index contributed by atoms with van der Waals surface area (Å²) in [6.45, 7) is 3.02. The van der Waals surface area contributed by atoms with Crippen molar-refractivity contribution in [3.8, 4) is 5.75 Å². The van der Waals surface area contributed by atoms with Crippen LogP contribution in [0.3, 0.4) is 0 Å². The molecule has 7 nitrogen and oxygen atoms in total. The van der Waals surface area contributed by atoms with Crippen molar-refractivity contribution in [1.29, 1.82) is 0 Å². The molecule has 1 aromatic carbocycles. The zero-order valence-electron chi connectivity index (χ0n) is 14.1. The van der Waals surface area contributed by atoms with Crippen LogP contribution in [0.4, 0.5) is 0 Å². The number of benzene rings is 1. The monoisotopic (exact) mass is 338 g/mol. The van der Waals surface area contributed by atoms with E-state index in [-0.39, 0.29) is 11.8 Å². The summed E-state index contributed by atoms with van der Waals surface area (Å²) >= 11 is 0. The molecule has 0 bridgehead atoms. The van der Waals surface area contributed by atoms with E-state index in [4.69, 9.17) is 9.26 Å². The molecule has 0 radical (unpaired) electrons. The molecule has 0 N–H and O–H groups in total. The number of likely N-dealkylation sites (tertiary alicyclic amines) is 1. The number of aromatic nitrogens is 3. The van der Waals surface area contributed by atoms with Gasteiger partial charge in [0.1, 0.15) is 11.4 Å². The molecule has 3 aromatic rings. The average Bonchev–Trinajstić information content (AvgIpc) is 3.29. The molecule has 7 heteroatoms. The molecule has 4 rings (SSSR count). The summed E-state index contributed by atoms with van der Waals surface area (Å²) in [7, 11) is 1.63. The molecule has 1 saturated heterocycles. The molecule has 3 heterocycles. The number of methoxy groups -OCH3 is 1. The molecule has 0 aliphatic carbocycles. The second-order valence-electron chi connectivity index (χ2n) is 6.17. The number of hydrogen-bond donors (Lipinski definition) is 0. The van der Waals surface area contributed by atoms with Crippen molar-refractivity contribution in [2.75, 3.05) is 20.2 Å². The summed E-state index contributed by atoms with van der Waals surface area (Å²) in [4.78, 5) is 23.3. The topological polar surface area (TPSA) is 81.4 Å². The highest BCUT2D eigenvalue weighted by molar-refractivity contribution is 5.95. The van der Waals surface area contributed by atoms with Crippen LogP contribution in [0.2, 0.25) is 0 Å². The fourth-order valence-electron chi connectivity index (χ4n) is 3.14. The van der Waals surface area contributed by atoms with Crippen LogP contribution in [-0.2, 0) is 0 Å². The number of fused-ring (bicyclic) bond motifs is 1. The fourth-order valence-corrected chi connectivity index (χ4v) is 3.14. The first-order valence-electron chi connectivity index (χ1n) is 8.18. The fraction of sp³-hybridized carbons (Fsp3) is 0.333. The first-order chi connectivity index (χ1) is 12.1. The third kappa shape index (κ3) is 2.93. The van der Waals surface area contributed by atoms with Crippen LogP contribution >= 0.6 is 0 Å². The SMILES string of the molecule is COc1ccc2nc(C(=O)N3CCC(c4nc(C)no4)C3)ccc2c1. The Bertz CT molecular complexity index is 937. The van der Waals surface area contributed by atoms with E-state index in [9.17, 15) is 4.79 Å². The van der Waals surface area contributed by atoms with E-state index >= 15 is 0 Å². The molecule has 128 valence electrons. The molecule has 25 heavy (non-hydrogen) atoms. The van der Waals surface area contributed by atoms with Crippen molar-refractivity contribution in [3.05, 3.63) is 47.7 Å². The van der Waals surface area contributed by atoms with Gasteiger partial charge in [0.2, 0.25) is 5.89 Å². The highest BCUT2D eigenvalue weighted by Gasteiger charge is 2.31. The number of hydrogen-bond acceptors (Lipinski definition) is 6. The van der Waals surface area contributed by atoms with E-state index < -0.39 is 0 Å². The molecular formula is C18H18N4O3. The maximum Gasteiger partial charge on any atom is 0.272 e. The normalized spacial score (nSPS) is 17.2. The van der Waals surface area contributed by atoms with E-state index in [1.165, 1.54) is 0 Å². The number of amides is 1. The van der Waals surface area contributed by atoms with Crippen molar-refractivity contribution in [3.63, 3.8) is 0 Å². The molecule has 0 spiro atoms. The Kier molecular flexibility index (Phi) is 3.83.